The summed E-state index contributed by atoms with van der Waals surface area (Å²) in [4.78, 5) is 24.3. The normalized spacial score (nSPS) is 15.4. The van der Waals surface area contributed by atoms with Crippen LogP contribution < -0.4 is 5.32 Å². The van der Waals surface area contributed by atoms with Gasteiger partial charge in [-0.2, -0.15) is 0 Å². The van der Waals surface area contributed by atoms with Crippen LogP contribution in [0, 0.1) is 0 Å². The van der Waals surface area contributed by atoms with Gasteiger partial charge in [0.25, 0.3) is 0 Å². The monoisotopic (exact) mass is 365 g/mol. The fourth-order valence-corrected chi connectivity index (χ4v) is 2.99. The van der Waals surface area contributed by atoms with Gasteiger partial charge in [-0.1, -0.05) is 43.0 Å². The zero-order valence-corrected chi connectivity index (χ0v) is 16.5. The number of allylic oxidation sites excluding steroid dienone is 7. The summed E-state index contributed by atoms with van der Waals surface area (Å²) in [5, 5.41) is 2.72. The summed E-state index contributed by atoms with van der Waals surface area (Å²) < 4.78 is 5.26. The zero-order valence-electron chi connectivity index (χ0n) is 16.5. The van der Waals surface area contributed by atoms with Crippen LogP contribution in [0.5, 0.6) is 0 Å². The third-order valence-corrected chi connectivity index (χ3v) is 3.99. The second-order valence-corrected chi connectivity index (χ2v) is 7.34. The van der Waals surface area contributed by atoms with Crippen LogP contribution in [0.3, 0.4) is 0 Å². The Hall–Kier alpha value is -2.88. The number of anilines is 1. The fraction of sp³-hybridized carbons (Fsp3) is 0.304. The minimum Gasteiger partial charge on any atom is -0.444 e. The van der Waals surface area contributed by atoms with E-state index in [-0.39, 0.29) is 5.78 Å². The van der Waals surface area contributed by atoms with Gasteiger partial charge in [0.2, 0.25) is 0 Å². The molecule has 0 unspecified atom stereocenters. The van der Waals surface area contributed by atoms with Crippen LogP contribution in [0.4, 0.5) is 10.5 Å². The predicted molar refractivity (Wildman–Crippen MR) is 111 cm³/mol. The fourth-order valence-electron chi connectivity index (χ4n) is 2.99. The molecule has 0 saturated carbocycles. The highest BCUT2D eigenvalue weighted by Crippen LogP contribution is 2.36. The van der Waals surface area contributed by atoms with Crippen molar-refractivity contribution in [2.75, 3.05) is 5.32 Å². The number of ketones is 1. The van der Waals surface area contributed by atoms with Gasteiger partial charge in [-0.15, -0.1) is 0 Å². The molecule has 27 heavy (non-hydrogen) atoms. The van der Waals surface area contributed by atoms with Gasteiger partial charge in [0.05, 0.1) is 0 Å². The van der Waals surface area contributed by atoms with Gasteiger partial charge in [0, 0.05) is 17.7 Å². The molecule has 1 amide bonds. The highest BCUT2D eigenvalue weighted by atomic mass is 16.6. The molecule has 1 N–H and O–H groups in total. The summed E-state index contributed by atoms with van der Waals surface area (Å²) in [6.07, 6.45) is 8.12. The Bertz CT molecular complexity index is 818. The number of nitrogens with one attached hydrogen (secondary N) is 1. The summed E-state index contributed by atoms with van der Waals surface area (Å²) in [7, 11) is 0. The number of rotatable bonds is 5. The van der Waals surface area contributed by atoms with Crippen molar-refractivity contribution in [2.24, 2.45) is 0 Å². The minimum atomic E-state index is -0.547. The van der Waals surface area contributed by atoms with E-state index in [1.165, 1.54) is 0 Å². The number of hydrogen-bond donors (Lipinski definition) is 1. The Morgan fingerprint density at radius 1 is 1.19 bits per heavy atom. The summed E-state index contributed by atoms with van der Waals surface area (Å²) in [5.41, 5.74) is 3.73. The predicted octanol–water partition coefficient (Wildman–Crippen LogP) is 5.84. The van der Waals surface area contributed by atoms with Gasteiger partial charge in [0.15, 0.2) is 5.78 Å². The lowest BCUT2D eigenvalue weighted by Crippen LogP contribution is -2.27. The smallest absolute Gasteiger partial charge is 0.412 e. The maximum atomic E-state index is 12.5. The Kier molecular flexibility index (Phi) is 6.56. The zero-order chi connectivity index (χ0) is 20.0. The molecule has 0 radical (unpaired) electrons. The average Bonchev–Trinajstić information content (AvgIpc) is 2.95. The van der Waals surface area contributed by atoms with E-state index in [4.69, 9.17) is 4.74 Å². The molecular weight excluding hydrogens is 338 g/mol. The van der Waals surface area contributed by atoms with Crippen LogP contribution in [0.2, 0.25) is 0 Å². The molecule has 0 atom stereocenters. The Morgan fingerprint density at radius 2 is 1.85 bits per heavy atom. The lowest BCUT2D eigenvalue weighted by atomic mass is 9.95. The number of carbonyl (C=O) groups excluding carboxylic acids is 2. The van der Waals surface area contributed by atoms with Crippen molar-refractivity contribution in [1.29, 1.82) is 0 Å². The van der Waals surface area contributed by atoms with Crippen LogP contribution in [0.25, 0.3) is 5.57 Å². The molecule has 4 heteroatoms. The first-order valence-electron chi connectivity index (χ1n) is 9.07. The van der Waals surface area contributed by atoms with E-state index < -0.39 is 11.7 Å². The van der Waals surface area contributed by atoms with Gasteiger partial charge in [-0.25, -0.2) is 4.79 Å². The Labute approximate surface area is 161 Å². The number of amides is 1. The van der Waals surface area contributed by atoms with Crippen molar-refractivity contribution in [1.82, 2.24) is 0 Å². The number of Topliss-reactive ketones (excluding diaryl/α,β-unsaturated/α-hetero) is 1. The molecule has 1 aliphatic rings. The third kappa shape index (κ3) is 5.55. The first-order valence-corrected chi connectivity index (χ1v) is 9.07. The second-order valence-electron chi connectivity index (χ2n) is 7.34. The minimum absolute atomic E-state index is 0.146. The van der Waals surface area contributed by atoms with Crippen LogP contribution >= 0.6 is 0 Å². The lowest BCUT2D eigenvalue weighted by Gasteiger charge is -2.19. The summed E-state index contributed by atoms with van der Waals surface area (Å²) >= 11 is 0. The molecule has 2 rings (SSSR count). The van der Waals surface area contributed by atoms with Crippen LogP contribution in [-0.4, -0.2) is 17.5 Å². The molecule has 0 spiro atoms. The highest BCUT2D eigenvalue weighted by molar-refractivity contribution is 6.11. The molecule has 0 saturated heterocycles. The molecule has 1 aliphatic carbocycles. The number of benzene rings is 1. The van der Waals surface area contributed by atoms with Crippen molar-refractivity contribution in [3.05, 3.63) is 71.9 Å². The highest BCUT2D eigenvalue weighted by Gasteiger charge is 2.25. The van der Waals surface area contributed by atoms with E-state index in [9.17, 15) is 9.59 Å². The number of ether oxygens (including phenoxy) is 1. The first kappa shape index (κ1) is 20.4. The van der Waals surface area contributed by atoms with Crippen LogP contribution in [-0.2, 0) is 9.53 Å². The SMILES string of the molecule is C=C/C=C(\C=C/C)C1=C(c2ccc(NC(=O)OC(C)(C)C)cc2)CCC1=O. The van der Waals surface area contributed by atoms with E-state index in [0.29, 0.717) is 18.5 Å². The second kappa shape index (κ2) is 8.67. The maximum absolute atomic E-state index is 12.5. The molecule has 0 fully saturated rings. The van der Waals surface area contributed by atoms with Crippen molar-refractivity contribution in [3.63, 3.8) is 0 Å². The van der Waals surface area contributed by atoms with E-state index in [2.05, 4.69) is 11.9 Å². The van der Waals surface area contributed by atoms with Gasteiger partial charge >= 0.3 is 6.09 Å². The standard InChI is InChI=1S/C23H27NO3/c1-6-8-17(9-7-2)21-19(14-15-20(21)25)16-10-12-18(13-11-16)24-22(26)27-23(3,4)5/h6-13H,1,14-15H2,2-5H3,(H,24,26)/b9-7-,17-8+. The van der Waals surface area contributed by atoms with E-state index in [1.807, 2.05) is 70.2 Å². The lowest BCUT2D eigenvalue weighted by molar-refractivity contribution is -0.114. The quantitative estimate of drug-likeness (QED) is 0.667. The van der Waals surface area contributed by atoms with Crippen LogP contribution in [0.1, 0.15) is 46.1 Å². The third-order valence-electron chi connectivity index (χ3n) is 3.99. The van der Waals surface area contributed by atoms with Gasteiger partial charge in [0.1, 0.15) is 5.60 Å². The van der Waals surface area contributed by atoms with E-state index in [0.717, 1.165) is 22.3 Å². The summed E-state index contributed by atoms with van der Waals surface area (Å²) in [5.74, 6) is 0.146. The van der Waals surface area contributed by atoms with Crippen LogP contribution in [0.15, 0.2) is 66.3 Å². The Morgan fingerprint density at radius 3 is 2.41 bits per heavy atom. The molecular formula is C23H27NO3. The Balaban J connectivity index is 2.29. The molecule has 142 valence electrons. The molecule has 4 nitrogen and oxygen atoms in total. The molecule has 1 aromatic carbocycles. The largest absolute Gasteiger partial charge is 0.444 e. The van der Waals surface area contributed by atoms with Crippen molar-refractivity contribution < 1.29 is 14.3 Å². The molecule has 1 aromatic rings. The summed E-state index contributed by atoms with van der Waals surface area (Å²) in [6.45, 7) is 11.1. The molecule has 0 bridgehead atoms. The average molecular weight is 365 g/mol. The van der Waals surface area contributed by atoms with Crippen molar-refractivity contribution in [2.45, 2.75) is 46.1 Å². The van der Waals surface area contributed by atoms with Crippen molar-refractivity contribution in [3.8, 4) is 0 Å². The molecule has 0 aliphatic heterocycles. The molecule has 0 heterocycles. The van der Waals surface area contributed by atoms with Gasteiger partial charge in [-0.3, -0.25) is 10.1 Å². The first-order chi connectivity index (χ1) is 12.7. The van der Waals surface area contributed by atoms with Gasteiger partial charge < -0.3 is 4.74 Å². The maximum Gasteiger partial charge on any atom is 0.412 e. The number of hydrogen-bond acceptors (Lipinski definition) is 3. The topological polar surface area (TPSA) is 55.4 Å². The summed E-state index contributed by atoms with van der Waals surface area (Å²) in [6, 6.07) is 7.47. The van der Waals surface area contributed by atoms with Crippen molar-refractivity contribution >= 4 is 23.1 Å². The van der Waals surface area contributed by atoms with E-state index >= 15 is 0 Å². The number of carbonyl (C=O) groups is 2. The van der Waals surface area contributed by atoms with Gasteiger partial charge in [-0.05, 0) is 63.0 Å². The van der Waals surface area contributed by atoms with E-state index in [1.54, 1.807) is 6.08 Å². The molecule has 0 aromatic heterocycles.